The summed E-state index contributed by atoms with van der Waals surface area (Å²) < 4.78 is 0. The van der Waals surface area contributed by atoms with Crippen molar-refractivity contribution in [3.8, 4) is 0 Å². The van der Waals surface area contributed by atoms with E-state index in [0.717, 1.165) is 10.9 Å². The Bertz CT molecular complexity index is 418. The maximum absolute atomic E-state index is 12.0. The van der Waals surface area contributed by atoms with Crippen LogP contribution < -0.4 is 5.32 Å². The number of amides is 1. The van der Waals surface area contributed by atoms with Gasteiger partial charge < -0.3 is 5.32 Å². The highest BCUT2D eigenvalue weighted by Gasteiger charge is 2.18. The fraction of sp³-hybridized carbons (Fsp3) is 0.462. The molecule has 1 N–H and O–H groups in total. The zero-order valence-electron chi connectivity index (χ0n) is 10.3. The van der Waals surface area contributed by atoms with Crippen molar-refractivity contribution in [3.05, 3.63) is 34.3 Å². The van der Waals surface area contributed by atoms with Gasteiger partial charge in [0.05, 0.1) is 0 Å². The Morgan fingerprint density at radius 3 is 2.65 bits per heavy atom. The predicted octanol–water partition coefficient (Wildman–Crippen LogP) is 3.80. The summed E-state index contributed by atoms with van der Waals surface area (Å²) in [5.74, 6) is -0.0480. The van der Waals surface area contributed by atoms with Crippen LogP contribution in [0.4, 0.5) is 0 Å². The van der Waals surface area contributed by atoms with E-state index in [0.29, 0.717) is 17.1 Å². The van der Waals surface area contributed by atoms with Gasteiger partial charge in [0, 0.05) is 22.5 Å². The molecule has 0 saturated heterocycles. The molecule has 0 unspecified atom stereocenters. The normalized spacial score (nSPS) is 11.4. The summed E-state index contributed by atoms with van der Waals surface area (Å²) in [6.45, 7) is 6.71. The van der Waals surface area contributed by atoms with Gasteiger partial charge in [0.1, 0.15) is 0 Å². The molecule has 0 atom stereocenters. The SMILES string of the molecule is Cc1cc(Cl)ccc1C(=O)NCC(C)(C)CBr. The number of alkyl halides is 1. The number of rotatable bonds is 4. The second kappa shape index (κ2) is 5.87. The van der Waals surface area contributed by atoms with Crippen molar-refractivity contribution in [2.75, 3.05) is 11.9 Å². The Morgan fingerprint density at radius 1 is 1.47 bits per heavy atom. The van der Waals surface area contributed by atoms with Crippen LogP contribution in [0.3, 0.4) is 0 Å². The lowest BCUT2D eigenvalue weighted by atomic mass is 9.96. The highest BCUT2D eigenvalue weighted by molar-refractivity contribution is 9.09. The maximum atomic E-state index is 12.0. The molecule has 1 amide bonds. The molecule has 0 radical (unpaired) electrons. The van der Waals surface area contributed by atoms with Gasteiger partial charge in [-0.2, -0.15) is 0 Å². The zero-order valence-corrected chi connectivity index (χ0v) is 12.7. The Balaban J connectivity index is 2.71. The monoisotopic (exact) mass is 317 g/mol. The predicted molar refractivity (Wildman–Crippen MR) is 76.1 cm³/mol. The van der Waals surface area contributed by atoms with Gasteiger partial charge in [-0.15, -0.1) is 0 Å². The molecular formula is C13H17BrClNO. The van der Waals surface area contributed by atoms with E-state index >= 15 is 0 Å². The van der Waals surface area contributed by atoms with Crippen LogP contribution in [0.15, 0.2) is 18.2 Å². The van der Waals surface area contributed by atoms with E-state index in [1.54, 1.807) is 18.2 Å². The van der Waals surface area contributed by atoms with Crippen molar-refractivity contribution in [2.45, 2.75) is 20.8 Å². The summed E-state index contributed by atoms with van der Waals surface area (Å²) >= 11 is 9.29. The number of hydrogen-bond donors (Lipinski definition) is 1. The summed E-state index contributed by atoms with van der Waals surface area (Å²) in [6.07, 6.45) is 0. The number of benzene rings is 1. The highest BCUT2D eigenvalue weighted by atomic mass is 79.9. The molecule has 0 saturated carbocycles. The number of carbonyl (C=O) groups excluding carboxylic acids is 1. The number of hydrogen-bond acceptors (Lipinski definition) is 1. The van der Waals surface area contributed by atoms with Crippen LogP contribution in [0.2, 0.25) is 5.02 Å². The van der Waals surface area contributed by atoms with E-state index in [4.69, 9.17) is 11.6 Å². The standard InChI is InChI=1S/C13H17BrClNO/c1-9-6-10(15)4-5-11(9)12(17)16-8-13(2,3)7-14/h4-6H,7-8H2,1-3H3,(H,16,17). The molecule has 0 bridgehead atoms. The van der Waals surface area contributed by atoms with Crippen molar-refractivity contribution in [2.24, 2.45) is 5.41 Å². The lowest BCUT2D eigenvalue weighted by molar-refractivity contribution is 0.0939. The molecule has 0 heterocycles. The molecule has 17 heavy (non-hydrogen) atoms. The van der Waals surface area contributed by atoms with Crippen LogP contribution in [0.5, 0.6) is 0 Å². The number of halogens is 2. The Kier molecular flexibility index (Phi) is 5.02. The van der Waals surface area contributed by atoms with E-state index in [-0.39, 0.29) is 11.3 Å². The van der Waals surface area contributed by atoms with Gasteiger partial charge in [0.15, 0.2) is 0 Å². The van der Waals surface area contributed by atoms with E-state index < -0.39 is 0 Å². The van der Waals surface area contributed by atoms with Gasteiger partial charge in [-0.3, -0.25) is 4.79 Å². The largest absolute Gasteiger partial charge is 0.351 e. The molecule has 0 aliphatic heterocycles. The second-order valence-electron chi connectivity index (χ2n) is 4.94. The summed E-state index contributed by atoms with van der Waals surface area (Å²) in [7, 11) is 0. The third kappa shape index (κ3) is 4.32. The van der Waals surface area contributed by atoms with Gasteiger partial charge >= 0.3 is 0 Å². The molecule has 2 nitrogen and oxygen atoms in total. The first-order valence-corrected chi connectivity index (χ1v) is 6.96. The lowest BCUT2D eigenvalue weighted by Gasteiger charge is -2.22. The fourth-order valence-corrected chi connectivity index (χ4v) is 1.77. The van der Waals surface area contributed by atoms with Gasteiger partial charge in [0.25, 0.3) is 5.91 Å². The van der Waals surface area contributed by atoms with Gasteiger partial charge in [0.2, 0.25) is 0 Å². The topological polar surface area (TPSA) is 29.1 Å². The Labute approximate surface area is 116 Å². The summed E-state index contributed by atoms with van der Waals surface area (Å²) in [5.41, 5.74) is 1.63. The van der Waals surface area contributed by atoms with Gasteiger partial charge in [-0.05, 0) is 36.1 Å². The molecular weight excluding hydrogens is 302 g/mol. The van der Waals surface area contributed by atoms with E-state index in [2.05, 4.69) is 35.1 Å². The Morgan fingerprint density at radius 2 is 2.12 bits per heavy atom. The molecule has 0 aliphatic rings. The molecule has 94 valence electrons. The third-order valence-electron chi connectivity index (χ3n) is 2.52. The third-order valence-corrected chi connectivity index (χ3v) is 4.28. The average Bonchev–Trinajstić information content (AvgIpc) is 2.26. The van der Waals surface area contributed by atoms with Crippen LogP contribution in [0.1, 0.15) is 29.8 Å². The summed E-state index contributed by atoms with van der Waals surface area (Å²) in [5, 5.41) is 4.44. The highest BCUT2D eigenvalue weighted by Crippen LogP contribution is 2.18. The fourth-order valence-electron chi connectivity index (χ4n) is 1.34. The quantitative estimate of drug-likeness (QED) is 0.841. The Hall–Kier alpha value is -0.540. The molecule has 0 aromatic heterocycles. The van der Waals surface area contributed by atoms with Crippen LogP contribution in [0.25, 0.3) is 0 Å². The van der Waals surface area contributed by atoms with Crippen molar-refractivity contribution in [3.63, 3.8) is 0 Å². The average molecular weight is 319 g/mol. The van der Waals surface area contributed by atoms with Crippen LogP contribution in [-0.2, 0) is 0 Å². The minimum Gasteiger partial charge on any atom is -0.351 e. The first-order valence-electron chi connectivity index (χ1n) is 5.46. The van der Waals surface area contributed by atoms with Gasteiger partial charge in [-0.25, -0.2) is 0 Å². The van der Waals surface area contributed by atoms with Crippen molar-refractivity contribution in [1.82, 2.24) is 5.32 Å². The first kappa shape index (κ1) is 14.5. The molecule has 0 fully saturated rings. The smallest absolute Gasteiger partial charge is 0.251 e. The second-order valence-corrected chi connectivity index (χ2v) is 5.94. The first-order chi connectivity index (χ1) is 7.85. The summed E-state index contributed by atoms with van der Waals surface area (Å²) in [4.78, 5) is 12.0. The minimum absolute atomic E-state index is 0.0480. The molecule has 0 aliphatic carbocycles. The van der Waals surface area contributed by atoms with E-state index in [1.165, 1.54) is 0 Å². The minimum atomic E-state index is -0.0480. The van der Waals surface area contributed by atoms with Crippen molar-refractivity contribution in [1.29, 1.82) is 0 Å². The van der Waals surface area contributed by atoms with E-state index in [1.807, 2.05) is 6.92 Å². The number of nitrogens with one attached hydrogen (secondary N) is 1. The molecule has 4 heteroatoms. The van der Waals surface area contributed by atoms with Crippen molar-refractivity contribution >= 4 is 33.4 Å². The molecule has 1 aromatic carbocycles. The maximum Gasteiger partial charge on any atom is 0.251 e. The summed E-state index contributed by atoms with van der Waals surface area (Å²) in [6, 6.07) is 5.29. The molecule has 1 aromatic rings. The zero-order chi connectivity index (χ0) is 13.1. The molecule has 1 rings (SSSR count). The van der Waals surface area contributed by atoms with Crippen LogP contribution in [0, 0.1) is 12.3 Å². The van der Waals surface area contributed by atoms with Gasteiger partial charge in [-0.1, -0.05) is 41.4 Å². The molecule has 0 spiro atoms. The lowest BCUT2D eigenvalue weighted by Crippen LogP contribution is -2.35. The van der Waals surface area contributed by atoms with Crippen LogP contribution in [-0.4, -0.2) is 17.8 Å². The van der Waals surface area contributed by atoms with Crippen molar-refractivity contribution < 1.29 is 4.79 Å². The van der Waals surface area contributed by atoms with Crippen LogP contribution >= 0.6 is 27.5 Å². The van der Waals surface area contributed by atoms with E-state index in [9.17, 15) is 4.79 Å². The number of aryl methyl sites for hydroxylation is 1. The number of carbonyl (C=O) groups is 1.